The maximum atomic E-state index is 12.1. The predicted molar refractivity (Wildman–Crippen MR) is 177 cm³/mol. The van der Waals surface area contributed by atoms with Crippen molar-refractivity contribution in [3.8, 4) is 17.2 Å². The number of rotatable bonds is 14. The second kappa shape index (κ2) is 15.5. The van der Waals surface area contributed by atoms with Crippen molar-refractivity contribution >= 4 is 24.8 Å². The van der Waals surface area contributed by atoms with E-state index in [0.717, 1.165) is 15.9 Å². The predicted octanol–water partition coefficient (Wildman–Crippen LogP) is 6.04. The van der Waals surface area contributed by atoms with E-state index in [1.165, 1.54) is 4.90 Å². The van der Waals surface area contributed by atoms with E-state index in [1.807, 2.05) is 45.0 Å². The van der Waals surface area contributed by atoms with Gasteiger partial charge in [-0.2, -0.15) is 0 Å². The van der Waals surface area contributed by atoms with Crippen LogP contribution in [0.1, 0.15) is 47.1 Å². The number of ether oxygens (including phenoxy) is 5. The van der Waals surface area contributed by atoms with Crippen LogP contribution in [0.2, 0.25) is 5.04 Å². The van der Waals surface area contributed by atoms with Gasteiger partial charge in [-0.15, -0.1) is 0 Å². The smallest absolute Gasteiger partial charge is 0.410 e. The molecule has 8 nitrogen and oxygen atoms in total. The fourth-order valence-corrected chi connectivity index (χ4v) is 9.41. The Hall–Kier alpha value is -3.53. The van der Waals surface area contributed by atoms with Crippen molar-refractivity contribution in [1.29, 1.82) is 0 Å². The summed E-state index contributed by atoms with van der Waals surface area (Å²) in [5, 5.41) is 2.10. The van der Waals surface area contributed by atoms with E-state index in [4.69, 9.17) is 28.1 Å². The molecule has 3 rings (SSSR count). The molecule has 0 N–H and O–H groups in total. The van der Waals surface area contributed by atoms with Gasteiger partial charge in [0.2, 0.25) is 5.75 Å². The van der Waals surface area contributed by atoms with E-state index < -0.39 is 13.9 Å². The molecule has 0 aromatic heterocycles. The third kappa shape index (κ3) is 9.00. The molecule has 0 aliphatic carbocycles. The van der Waals surface area contributed by atoms with Crippen LogP contribution in [-0.2, 0) is 20.8 Å². The molecule has 0 aliphatic heterocycles. The molecule has 0 atom stereocenters. The zero-order valence-electron chi connectivity index (χ0n) is 27.8. The SMILES string of the molecule is COc1cc(COCCOCCN(C)C(=O)OC(C)(C)C)cc(O[Si](c2ccccc2)(c2ccccc2)C(C)(C)C)c1OC. The van der Waals surface area contributed by atoms with Crippen LogP contribution in [0, 0.1) is 0 Å². The first-order valence-corrected chi connectivity index (χ1v) is 16.9. The van der Waals surface area contributed by atoms with Gasteiger partial charge in [-0.3, -0.25) is 0 Å². The first-order chi connectivity index (χ1) is 20.8. The van der Waals surface area contributed by atoms with Crippen molar-refractivity contribution in [2.75, 3.05) is 47.6 Å². The van der Waals surface area contributed by atoms with E-state index in [1.54, 1.807) is 21.3 Å². The molecular formula is C35H49NO7Si. The largest absolute Gasteiger partial charge is 0.531 e. The van der Waals surface area contributed by atoms with Crippen LogP contribution in [0.3, 0.4) is 0 Å². The van der Waals surface area contributed by atoms with E-state index in [2.05, 4.69) is 69.3 Å². The third-order valence-corrected chi connectivity index (χ3v) is 12.0. The number of carbonyl (C=O) groups is 1. The highest BCUT2D eigenvalue weighted by Gasteiger charge is 2.52. The lowest BCUT2D eigenvalue weighted by molar-refractivity contribution is 0.0141. The van der Waals surface area contributed by atoms with Crippen LogP contribution in [0.25, 0.3) is 0 Å². The lowest BCUT2D eigenvalue weighted by Gasteiger charge is -2.43. The Kier molecular flexibility index (Phi) is 12.3. The lowest BCUT2D eigenvalue weighted by atomic mass is 10.2. The van der Waals surface area contributed by atoms with E-state index in [9.17, 15) is 4.79 Å². The Morgan fingerprint density at radius 3 is 1.80 bits per heavy atom. The number of hydrogen-bond donors (Lipinski definition) is 0. The molecule has 44 heavy (non-hydrogen) atoms. The van der Waals surface area contributed by atoms with Crippen LogP contribution < -0.4 is 24.3 Å². The summed E-state index contributed by atoms with van der Waals surface area (Å²) in [6, 6.07) is 24.8. The van der Waals surface area contributed by atoms with Gasteiger partial charge in [-0.05, 0) is 53.9 Å². The third-order valence-electron chi connectivity index (χ3n) is 7.10. The summed E-state index contributed by atoms with van der Waals surface area (Å²) in [5.74, 6) is 1.73. The molecule has 0 fully saturated rings. The highest BCUT2D eigenvalue weighted by atomic mass is 28.4. The molecule has 0 unspecified atom stereocenters. The van der Waals surface area contributed by atoms with Crippen molar-refractivity contribution in [2.24, 2.45) is 0 Å². The second-order valence-electron chi connectivity index (χ2n) is 12.7. The molecule has 1 amide bonds. The van der Waals surface area contributed by atoms with Crippen molar-refractivity contribution < 1.29 is 32.9 Å². The molecule has 0 spiro atoms. The van der Waals surface area contributed by atoms with Crippen LogP contribution >= 0.6 is 0 Å². The van der Waals surface area contributed by atoms with Crippen LogP contribution in [-0.4, -0.2) is 72.5 Å². The summed E-state index contributed by atoms with van der Waals surface area (Å²) in [5.41, 5.74) is 0.356. The number of carbonyl (C=O) groups excluding carboxylic acids is 1. The zero-order valence-corrected chi connectivity index (χ0v) is 28.8. The Morgan fingerprint density at radius 2 is 1.30 bits per heavy atom. The second-order valence-corrected chi connectivity index (χ2v) is 16.9. The number of hydrogen-bond acceptors (Lipinski definition) is 7. The fourth-order valence-electron chi connectivity index (χ4n) is 5.00. The van der Waals surface area contributed by atoms with Gasteiger partial charge in [-0.25, -0.2) is 4.79 Å². The quantitative estimate of drug-likeness (QED) is 0.160. The molecule has 9 heteroatoms. The molecule has 0 radical (unpaired) electrons. The Morgan fingerprint density at radius 1 is 0.750 bits per heavy atom. The first-order valence-electron chi connectivity index (χ1n) is 15.0. The van der Waals surface area contributed by atoms with Gasteiger partial charge in [0.15, 0.2) is 11.5 Å². The standard InChI is InChI=1S/C35H49NO7Si/c1-34(2,3)42-33(37)36(7)20-21-40-22-23-41-26-27-24-30(38-8)32(39-9)31(25-27)43-44(35(4,5)6,28-16-12-10-13-17-28)29-18-14-11-15-19-29/h10-19,24-25H,20-23,26H2,1-9H3. The maximum absolute atomic E-state index is 12.1. The summed E-state index contributed by atoms with van der Waals surface area (Å²) in [6.45, 7) is 14.2. The average molecular weight is 624 g/mol. The maximum Gasteiger partial charge on any atom is 0.410 e. The summed E-state index contributed by atoms with van der Waals surface area (Å²) in [4.78, 5) is 13.6. The van der Waals surface area contributed by atoms with Gasteiger partial charge in [0.05, 0.1) is 40.6 Å². The van der Waals surface area contributed by atoms with Crippen LogP contribution in [0.15, 0.2) is 72.8 Å². The van der Waals surface area contributed by atoms with Crippen molar-refractivity contribution in [3.05, 3.63) is 78.4 Å². The molecule has 0 saturated heterocycles. The van der Waals surface area contributed by atoms with E-state index >= 15 is 0 Å². The number of methoxy groups -OCH3 is 2. The average Bonchev–Trinajstić information content (AvgIpc) is 2.98. The van der Waals surface area contributed by atoms with Gasteiger partial charge >= 0.3 is 14.4 Å². The topological polar surface area (TPSA) is 75.7 Å². The van der Waals surface area contributed by atoms with E-state index in [0.29, 0.717) is 50.2 Å². The minimum Gasteiger partial charge on any atom is -0.531 e. The minimum atomic E-state index is -2.91. The summed E-state index contributed by atoms with van der Waals surface area (Å²) >= 11 is 0. The van der Waals surface area contributed by atoms with Crippen molar-refractivity contribution in [1.82, 2.24) is 4.90 Å². The number of nitrogens with zero attached hydrogens (tertiary/aromatic N) is 1. The van der Waals surface area contributed by atoms with Gasteiger partial charge in [-0.1, -0.05) is 81.4 Å². The molecule has 3 aromatic rings. The summed E-state index contributed by atoms with van der Waals surface area (Å²) < 4.78 is 35.9. The molecule has 240 valence electrons. The highest BCUT2D eigenvalue weighted by Crippen LogP contribution is 2.44. The normalized spacial score (nSPS) is 12.0. The monoisotopic (exact) mass is 623 g/mol. The van der Waals surface area contributed by atoms with Gasteiger partial charge in [0.25, 0.3) is 0 Å². The highest BCUT2D eigenvalue weighted by molar-refractivity contribution is 7.00. The van der Waals surface area contributed by atoms with Crippen molar-refractivity contribution in [2.45, 2.75) is 58.8 Å². The zero-order chi connectivity index (χ0) is 32.4. The van der Waals surface area contributed by atoms with E-state index in [-0.39, 0.29) is 11.1 Å². The Balaban J connectivity index is 1.77. The summed E-state index contributed by atoms with van der Waals surface area (Å²) in [6.07, 6.45) is -0.373. The molecule has 0 aliphatic rings. The minimum absolute atomic E-state index is 0.227. The lowest BCUT2D eigenvalue weighted by Crippen LogP contribution is -2.68. The molecular weight excluding hydrogens is 574 g/mol. The number of benzene rings is 3. The number of likely N-dealkylation sites (N-methyl/N-ethyl adjacent to an activating group) is 1. The number of amides is 1. The molecule has 0 bridgehead atoms. The first kappa shape index (κ1) is 35.0. The molecule has 0 saturated carbocycles. The van der Waals surface area contributed by atoms with Crippen molar-refractivity contribution in [3.63, 3.8) is 0 Å². The molecule has 0 heterocycles. The van der Waals surface area contributed by atoms with Gasteiger partial charge < -0.3 is 33.0 Å². The Bertz CT molecular complexity index is 1280. The van der Waals surface area contributed by atoms with Gasteiger partial charge in [0.1, 0.15) is 5.60 Å². The van der Waals surface area contributed by atoms with Crippen LogP contribution in [0.5, 0.6) is 17.2 Å². The summed E-state index contributed by atoms with van der Waals surface area (Å²) in [7, 11) is 2.03. The molecule has 3 aromatic carbocycles. The fraction of sp³-hybridized carbons (Fsp3) is 0.457. The Labute approximate surface area is 264 Å². The van der Waals surface area contributed by atoms with Gasteiger partial charge in [0, 0.05) is 13.6 Å². The van der Waals surface area contributed by atoms with Crippen LogP contribution in [0.4, 0.5) is 4.79 Å².